The van der Waals surface area contributed by atoms with Gasteiger partial charge in [0.05, 0.1) is 11.6 Å². The van der Waals surface area contributed by atoms with Crippen LogP contribution in [-0.4, -0.2) is 49.4 Å². The van der Waals surface area contributed by atoms with E-state index in [0.29, 0.717) is 24.7 Å². The zero-order valence-corrected chi connectivity index (χ0v) is 15.5. The molecule has 1 atom stereocenters. The monoisotopic (exact) mass is 391 g/mol. The number of piperazine rings is 1. The molecule has 0 aliphatic carbocycles. The van der Waals surface area contributed by atoms with Crippen LogP contribution >= 0.6 is 24.8 Å². The number of nitriles is 1. The standard InChI is InChI=1S/C17H22FN3O2.2ClH/c18-15-10-12(11-19)9-14(17(15)22)16(13-1-7-23-8-2-13)21-5-3-20-4-6-21;;/h9-10,13,16,20,22H,1-8H2;2*1H/t16-;;/m0../s1. The molecule has 2 aliphatic heterocycles. The highest BCUT2D eigenvalue weighted by molar-refractivity contribution is 5.85. The van der Waals surface area contributed by atoms with Crippen molar-refractivity contribution in [1.82, 2.24) is 10.2 Å². The van der Waals surface area contributed by atoms with E-state index in [4.69, 9.17) is 10.00 Å². The predicted molar refractivity (Wildman–Crippen MR) is 98.0 cm³/mol. The summed E-state index contributed by atoms with van der Waals surface area (Å²) in [4.78, 5) is 2.29. The van der Waals surface area contributed by atoms with Crippen LogP contribution in [0.5, 0.6) is 5.75 Å². The fourth-order valence-electron chi connectivity index (χ4n) is 3.65. The van der Waals surface area contributed by atoms with Gasteiger partial charge in [0.2, 0.25) is 0 Å². The number of aromatic hydroxyl groups is 1. The number of rotatable bonds is 3. The van der Waals surface area contributed by atoms with Gasteiger partial charge in [0.1, 0.15) is 0 Å². The maximum atomic E-state index is 14.1. The van der Waals surface area contributed by atoms with Gasteiger partial charge >= 0.3 is 0 Å². The first kappa shape index (κ1) is 21.9. The van der Waals surface area contributed by atoms with Crippen LogP contribution in [0.2, 0.25) is 0 Å². The summed E-state index contributed by atoms with van der Waals surface area (Å²) in [6, 6.07) is 4.64. The van der Waals surface area contributed by atoms with E-state index in [-0.39, 0.29) is 42.2 Å². The number of phenols is 1. The van der Waals surface area contributed by atoms with E-state index < -0.39 is 5.82 Å². The summed E-state index contributed by atoms with van der Waals surface area (Å²) < 4.78 is 19.5. The highest BCUT2D eigenvalue weighted by Crippen LogP contribution is 2.40. The van der Waals surface area contributed by atoms with Crippen molar-refractivity contribution in [2.75, 3.05) is 39.4 Å². The minimum atomic E-state index is -0.716. The summed E-state index contributed by atoms with van der Waals surface area (Å²) in [5.74, 6) is -0.744. The van der Waals surface area contributed by atoms with Crippen LogP contribution in [0.4, 0.5) is 4.39 Å². The average Bonchev–Trinajstić information content (AvgIpc) is 2.60. The molecule has 1 aromatic rings. The van der Waals surface area contributed by atoms with Gasteiger partial charge in [-0.3, -0.25) is 4.90 Å². The molecule has 0 radical (unpaired) electrons. The Balaban J connectivity index is 0.00000156. The van der Waals surface area contributed by atoms with Crippen molar-refractivity contribution in [2.24, 2.45) is 5.92 Å². The summed E-state index contributed by atoms with van der Waals surface area (Å²) >= 11 is 0. The molecule has 0 saturated carbocycles. The number of hydrogen-bond acceptors (Lipinski definition) is 5. The van der Waals surface area contributed by atoms with Crippen LogP contribution < -0.4 is 5.32 Å². The van der Waals surface area contributed by atoms with Gasteiger partial charge in [0.25, 0.3) is 0 Å². The van der Waals surface area contributed by atoms with Gasteiger partial charge < -0.3 is 15.2 Å². The van der Waals surface area contributed by atoms with Crippen LogP contribution in [0.1, 0.15) is 30.0 Å². The average molecular weight is 392 g/mol. The van der Waals surface area contributed by atoms with E-state index in [9.17, 15) is 9.50 Å². The Kier molecular flexibility index (Phi) is 8.91. The van der Waals surface area contributed by atoms with Crippen LogP contribution in [0, 0.1) is 23.1 Å². The molecule has 25 heavy (non-hydrogen) atoms. The normalized spacial score (nSPS) is 20.0. The molecule has 0 spiro atoms. The molecule has 0 aromatic heterocycles. The smallest absolute Gasteiger partial charge is 0.166 e. The molecule has 0 bridgehead atoms. The van der Waals surface area contributed by atoms with E-state index in [1.165, 1.54) is 0 Å². The first-order valence-corrected chi connectivity index (χ1v) is 8.15. The molecule has 3 rings (SSSR count). The second kappa shape index (κ2) is 10.1. The van der Waals surface area contributed by atoms with Gasteiger partial charge in [0, 0.05) is 51.0 Å². The van der Waals surface area contributed by atoms with Gasteiger partial charge in [-0.25, -0.2) is 4.39 Å². The highest BCUT2D eigenvalue weighted by Gasteiger charge is 2.33. The van der Waals surface area contributed by atoms with E-state index in [1.54, 1.807) is 6.07 Å². The molecule has 2 saturated heterocycles. The second-order valence-electron chi connectivity index (χ2n) is 6.19. The largest absolute Gasteiger partial charge is 0.505 e. The van der Waals surface area contributed by atoms with Crippen molar-refractivity contribution in [3.63, 3.8) is 0 Å². The lowest BCUT2D eigenvalue weighted by atomic mass is 9.84. The van der Waals surface area contributed by atoms with E-state index >= 15 is 0 Å². The lowest BCUT2D eigenvalue weighted by Gasteiger charge is -2.41. The predicted octanol–water partition coefficient (Wildman–Crippen LogP) is 2.62. The van der Waals surface area contributed by atoms with Gasteiger partial charge in [-0.15, -0.1) is 24.8 Å². The Labute approximate surface area is 160 Å². The Hall–Kier alpha value is -1.10. The van der Waals surface area contributed by atoms with Crippen molar-refractivity contribution in [1.29, 1.82) is 5.26 Å². The molecular formula is C17H24Cl2FN3O2. The Morgan fingerprint density at radius 2 is 1.88 bits per heavy atom. The van der Waals surface area contributed by atoms with Crippen molar-refractivity contribution in [2.45, 2.75) is 18.9 Å². The number of ether oxygens (including phenoxy) is 1. The Morgan fingerprint density at radius 1 is 1.24 bits per heavy atom. The molecule has 1 aromatic carbocycles. The fourth-order valence-corrected chi connectivity index (χ4v) is 3.65. The number of nitrogens with zero attached hydrogens (tertiary/aromatic N) is 2. The highest BCUT2D eigenvalue weighted by atomic mass is 35.5. The van der Waals surface area contributed by atoms with E-state index in [0.717, 1.165) is 45.1 Å². The Morgan fingerprint density at radius 3 is 2.48 bits per heavy atom. The third-order valence-corrected chi connectivity index (χ3v) is 4.80. The lowest BCUT2D eigenvalue weighted by Crippen LogP contribution is -2.47. The molecule has 0 unspecified atom stereocenters. The van der Waals surface area contributed by atoms with Crippen LogP contribution in [0.25, 0.3) is 0 Å². The number of nitrogens with one attached hydrogen (secondary N) is 1. The maximum absolute atomic E-state index is 14.1. The number of phenolic OH excluding ortho intramolecular Hbond substituents is 1. The SMILES string of the molecule is Cl.Cl.N#Cc1cc(F)c(O)c([C@H](C2CCOCC2)N2CCNCC2)c1. The fraction of sp³-hybridized carbons (Fsp3) is 0.588. The van der Waals surface area contributed by atoms with Crippen molar-refractivity contribution < 1.29 is 14.2 Å². The number of halogens is 3. The van der Waals surface area contributed by atoms with Gasteiger partial charge in [-0.1, -0.05) is 0 Å². The molecule has 140 valence electrons. The van der Waals surface area contributed by atoms with Crippen LogP contribution in [0.3, 0.4) is 0 Å². The van der Waals surface area contributed by atoms with Gasteiger partial charge in [-0.2, -0.15) is 5.26 Å². The zero-order valence-electron chi connectivity index (χ0n) is 13.9. The van der Waals surface area contributed by atoms with E-state index in [1.807, 2.05) is 6.07 Å². The van der Waals surface area contributed by atoms with Crippen LogP contribution in [-0.2, 0) is 4.74 Å². The van der Waals surface area contributed by atoms with Gasteiger partial charge in [-0.05, 0) is 30.9 Å². The Bertz CT molecular complexity index is 582. The zero-order chi connectivity index (χ0) is 16.2. The molecule has 0 amide bonds. The van der Waals surface area contributed by atoms with Gasteiger partial charge in [0.15, 0.2) is 11.6 Å². The molecule has 5 nitrogen and oxygen atoms in total. The molecular weight excluding hydrogens is 368 g/mol. The second-order valence-corrected chi connectivity index (χ2v) is 6.19. The minimum Gasteiger partial charge on any atom is -0.505 e. The van der Waals surface area contributed by atoms with Crippen molar-refractivity contribution >= 4 is 24.8 Å². The summed E-state index contributed by atoms with van der Waals surface area (Å²) in [5, 5.41) is 22.7. The summed E-state index contributed by atoms with van der Waals surface area (Å²) in [6.45, 7) is 4.82. The topological polar surface area (TPSA) is 68.5 Å². The molecule has 2 aliphatic rings. The van der Waals surface area contributed by atoms with E-state index in [2.05, 4.69) is 10.2 Å². The summed E-state index contributed by atoms with van der Waals surface area (Å²) in [5.41, 5.74) is 0.790. The van der Waals surface area contributed by atoms with Crippen molar-refractivity contribution in [3.05, 3.63) is 29.1 Å². The van der Waals surface area contributed by atoms with Crippen molar-refractivity contribution in [3.8, 4) is 11.8 Å². The lowest BCUT2D eigenvalue weighted by molar-refractivity contribution is 0.0205. The molecule has 2 heterocycles. The third-order valence-electron chi connectivity index (χ3n) is 4.80. The number of benzene rings is 1. The minimum absolute atomic E-state index is 0. The first-order chi connectivity index (χ1) is 11.2. The number of hydrogen-bond donors (Lipinski definition) is 2. The molecule has 2 N–H and O–H groups in total. The maximum Gasteiger partial charge on any atom is 0.166 e. The molecule has 2 fully saturated rings. The van der Waals surface area contributed by atoms with Crippen LogP contribution in [0.15, 0.2) is 12.1 Å². The molecule has 8 heteroatoms. The third kappa shape index (κ3) is 4.96. The summed E-state index contributed by atoms with van der Waals surface area (Å²) in [6.07, 6.45) is 1.76. The first-order valence-electron chi connectivity index (χ1n) is 8.15. The quantitative estimate of drug-likeness (QED) is 0.828. The summed E-state index contributed by atoms with van der Waals surface area (Å²) in [7, 11) is 0.